The molecule has 4 N–H and O–H groups in total. The van der Waals surface area contributed by atoms with Gasteiger partial charge in [-0.25, -0.2) is 28.4 Å². The maximum absolute atomic E-state index is 13.4. The highest BCUT2D eigenvalue weighted by Crippen LogP contribution is 2.24. The lowest BCUT2D eigenvalue weighted by Gasteiger charge is -2.09. The minimum Gasteiger partial charge on any atom is -0.317 e. The monoisotopic (exact) mass is 300 g/mol. The fourth-order valence-electron chi connectivity index (χ4n) is 1.48. The van der Waals surface area contributed by atoms with Crippen molar-refractivity contribution < 1.29 is 22.4 Å². The number of rotatable bonds is 3. The van der Waals surface area contributed by atoms with Gasteiger partial charge in [0, 0.05) is 12.3 Å². The number of carbonyl (C=O) groups excluding carboxylic acids is 1. The summed E-state index contributed by atoms with van der Waals surface area (Å²) in [4.78, 5) is 15.5. The first-order chi connectivity index (χ1) is 9.93. The second kappa shape index (κ2) is 5.75. The molecule has 0 fully saturated rings. The lowest BCUT2D eigenvalue weighted by Crippen LogP contribution is -2.16. The normalized spacial score (nSPS) is 10.3. The standard InChI is InChI=1S/C12H8F4N4O/c13-6-3-7(14)10(16)11(9(6)15)19-12(21)5-1-2-8(20-17)18-4-5/h1-4H,17H2,(H,18,20)(H,19,21). The fraction of sp³-hybridized carbons (Fsp3) is 0. The van der Waals surface area contributed by atoms with Crippen molar-refractivity contribution >= 4 is 17.4 Å². The molecule has 0 spiro atoms. The third-order valence-electron chi connectivity index (χ3n) is 2.52. The van der Waals surface area contributed by atoms with Gasteiger partial charge in [0.15, 0.2) is 23.3 Å². The highest BCUT2D eigenvalue weighted by Gasteiger charge is 2.21. The Bertz CT molecular complexity index is 664. The number of benzene rings is 1. The molecule has 1 heterocycles. The molecule has 0 saturated heterocycles. The summed E-state index contributed by atoms with van der Waals surface area (Å²) in [6, 6.07) is 2.63. The number of hydrazine groups is 1. The number of pyridine rings is 1. The van der Waals surface area contributed by atoms with E-state index in [-0.39, 0.29) is 17.4 Å². The number of hydrogen-bond acceptors (Lipinski definition) is 4. The van der Waals surface area contributed by atoms with Crippen molar-refractivity contribution in [3.05, 3.63) is 53.2 Å². The SMILES string of the molecule is NNc1ccc(C(=O)Nc2c(F)c(F)cc(F)c2F)cn1. The van der Waals surface area contributed by atoms with E-state index in [9.17, 15) is 22.4 Å². The lowest BCUT2D eigenvalue weighted by atomic mass is 10.2. The van der Waals surface area contributed by atoms with E-state index in [1.54, 1.807) is 5.32 Å². The van der Waals surface area contributed by atoms with E-state index < -0.39 is 34.9 Å². The summed E-state index contributed by atoms with van der Waals surface area (Å²) in [5.41, 5.74) is 0.919. The van der Waals surface area contributed by atoms with E-state index in [2.05, 4.69) is 10.4 Å². The highest BCUT2D eigenvalue weighted by atomic mass is 19.2. The Hall–Kier alpha value is -2.68. The number of anilines is 2. The molecule has 1 aromatic heterocycles. The first kappa shape index (κ1) is 14.7. The van der Waals surface area contributed by atoms with Crippen LogP contribution < -0.4 is 16.6 Å². The molecule has 0 unspecified atom stereocenters. The van der Waals surface area contributed by atoms with Crippen LogP contribution in [0.1, 0.15) is 10.4 Å². The molecule has 0 atom stereocenters. The van der Waals surface area contributed by atoms with Gasteiger partial charge in [-0.2, -0.15) is 0 Å². The van der Waals surface area contributed by atoms with Gasteiger partial charge in [-0.15, -0.1) is 0 Å². The summed E-state index contributed by atoms with van der Waals surface area (Å²) in [5.74, 6) is -2.30. The van der Waals surface area contributed by atoms with Crippen LogP contribution in [0.3, 0.4) is 0 Å². The molecule has 2 rings (SSSR count). The van der Waals surface area contributed by atoms with Crippen LogP contribution in [0.5, 0.6) is 0 Å². The number of hydrogen-bond donors (Lipinski definition) is 3. The van der Waals surface area contributed by atoms with Gasteiger partial charge >= 0.3 is 0 Å². The second-order valence-electron chi connectivity index (χ2n) is 3.87. The Morgan fingerprint density at radius 3 is 2.19 bits per heavy atom. The third-order valence-corrected chi connectivity index (χ3v) is 2.52. The van der Waals surface area contributed by atoms with Crippen molar-refractivity contribution in [2.24, 2.45) is 5.84 Å². The zero-order valence-corrected chi connectivity index (χ0v) is 10.3. The van der Waals surface area contributed by atoms with Crippen LogP contribution in [0, 0.1) is 23.3 Å². The Kier molecular flexibility index (Phi) is 4.03. The van der Waals surface area contributed by atoms with Crippen molar-refractivity contribution in [1.82, 2.24) is 4.98 Å². The molecule has 2 aromatic rings. The first-order valence-corrected chi connectivity index (χ1v) is 5.51. The van der Waals surface area contributed by atoms with Gasteiger partial charge in [-0.3, -0.25) is 4.79 Å². The number of nitrogens with two attached hydrogens (primary N) is 1. The topological polar surface area (TPSA) is 80.0 Å². The van der Waals surface area contributed by atoms with Gasteiger partial charge in [0.05, 0.1) is 5.56 Å². The summed E-state index contributed by atoms with van der Waals surface area (Å²) >= 11 is 0. The molecule has 9 heteroatoms. The number of nitrogen functional groups attached to an aromatic ring is 1. The molecule has 0 aliphatic carbocycles. The zero-order valence-electron chi connectivity index (χ0n) is 10.3. The summed E-state index contributed by atoms with van der Waals surface area (Å²) in [7, 11) is 0. The number of carbonyl (C=O) groups is 1. The van der Waals surface area contributed by atoms with Crippen LogP contribution >= 0.6 is 0 Å². The number of halogens is 4. The van der Waals surface area contributed by atoms with Gasteiger partial charge in [-0.1, -0.05) is 0 Å². The summed E-state index contributed by atoms with van der Waals surface area (Å²) in [6.07, 6.45) is 1.07. The van der Waals surface area contributed by atoms with Crippen LogP contribution in [0.4, 0.5) is 29.1 Å². The molecular weight excluding hydrogens is 292 g/mol. The summed E-state index contributed by atoms with van der Waals surface area (Å²) in [5, 5.41) is 1.75. The Morgan fingerprint density at radius 2 is 1.71 bits per heavy atom. The molecule has 0 saturated carbocycles. The highest BCUT2D eigenvalue weighted by molar-refractivity contribution is 6.04. The van der Waals surface area contributed by atoms with Crippen molar-refractivity contribution in [3.8, 4) is 0 Å². The predicted octanol–water partition coefficient (Wildman–Crippen LogP) is 2.18. The van der Waals surface area contributed by atoms with Crippen molar-refractivity contribution in [3.63, 3.8) is 0 Å². The molecule has 5 nitrogen and oxygen atoms in total. The molecule has 0 radical (unpaired) electrons. The molecule has 0 aliphatic rings. The van der Waals surface area contributed by atoms with Gasteiger partial charge in [-0.05, 0) is 12.1 Å². The molecule has 1 amide bonds. The second-order valence-corrected chi connectivity index (χ2v) is 3.87. The largest absolute Gasteiger partial charge is 0.317 e. The van der Waals surface area contributed by atoms with E-state index in [0.29, 0.717) is 0 Å². The van der Waals surface area contributed by atoms with E-state index in [1.807, 2.05) is 0 Å². The molecular formula is C12H8F4N4O. The van der Waals surface area contributed by atoms with Gasteiger partial charge < -0.3 is 10.7 Å². The predicted molar refractivity (Wildman–Crippen MR) is 66.3 cm³/mol. The van der Waals surface area contributed by atoms with Crippen LogP contribution in [0.15, 0.2) is 24.4 Å². The average molecular weight is 300 g/mol. The lowest BCUT2D eigenvalue weighted by molar-refractivity contribution is 0.102. The fourth-order valence-corrected chi connectivity index (χ4v) is 1.48. The van der Waals surface area contributed by atoms with Crippen LogP contribution in [-0.4, -0.2) is 10.9 Å². The van der Waals surface area contributed by atoms with Crippen LogP contribution in [0.2, 0.25) is 0 Å². The number of amides is 1. The van der Waals surface area contributed by atoms with Crippen molar-refractivity contribution in [2.75, 3.05) is 10.7 Å². The van der Waals surface area contributed by atoms with E-state index >= 15 is 0 Å². The maximum Gasteiger partial charge on any atom is 0.257 e. The van der Waals surface area contributed by atoms with Gasteiger partial charge in [0.2, 0.25) is 0 Å². The average Bonchev–Trinajstić information content (AvgIpc) is 2.49. The Morgan fingerprint density at radius 1 is 1.10 bits per heavy atom. The van der Waals surface area contributed by atoms with E-state index in [0.717, 1.165) is 6.20 Å². The number of nitrogens with zero attached hydrogens (tertiary/aromatic N) is 1. The van der Waals surface area contributed by atoms with Crippen LogP contribution in [0.25, 0.3) is 0 Å². The van der Waals surface area contributed by atoms with Crippen LogP contribution in [-0.2, 0) is 0 Å². The Balaban J connectivity index is 2.31. The van der Waals surface area contributed by atoms with E-state index in [1.165, 1.54) is 12.1 Å². The summed E-state index contributed by atoms with van der Waals surface area (Å²) < 4.78 is 52.8. The molecule has 1 aromatic carbocycles. The maximum atomic E-state index is 13.4. The first-order valence-electron chi connectivity index (χ1n) is 5.51. The molecule has 110 valence electrons. The quantitative estimate of drug-likeness (QED) is 0.351. The molecule has 21 heavy (non-hydrogen) atoms. The number of aromatic nitrogens is 1. The van der Waals surface area contributed by atoms with E-state index in [4.69, 9.17) is 5.84 Å². The minimum atomic E-state index is -1.70. The molecule has 0 aliphatic heterocycles. The third kappa shape index (κ3) is 2.92. The molecule has 0 bridgehead atoms. The number of nitrogens with one attached hydrogen (secondary N) is 2. The Labute approximate surface area is 115 Å². The zero-order chi connectivity index (χ0) is 15.6. The van der Waals surface area contributed by atoms with Gasteiger partial charge in [0.1, 0.15) is 11.5 Å². The summed E-state index contributed by atoms with van der Waals surface area (Å²) in [6.45, 7) is 0. The smallest absolute Gasteiger partial charge is 0.257 e. The van der Waals surface area contributed by atoms with Gasteiger partial charge in [0.25, 0.3) is 5.91 Å². The van der Waals surface area contributed by atoms with Crippen molar-refractivity contribution in [2.45, 2.75) is 0 Å². The van der Waals surface area contributed by atoms with Crippen molar-refractivity contribution in [1.29, 1.82) is 0 Å². The minimum absolute atomic E-state index is 0.0452.